The van der Waals surface area contributed by atoms with E-state index in [2.05, 4.69) is 57.6 Å². The first-order valence-corrected chi connectivity index (χ1v) is 23.8. The van der Waals surface area contributed by atoms with Gasteiger partial charge in [-0.2, -0.15) is 9.81 Å². The Hall–Kier alpha value is -7.01. The maximum Gasteiger partial charge on any atom is 0.305 e. The van der Waals surface area contributed by atoms with E-state index in [1.165, 1.54) is 0 Å². The molecule has 3 atom stereocenters. The van der Waals surface area contributed by atoms with Crippen LogP contribution in [0.1, 0.15) is 125 Å². The molecule has 0 N–H and O–H groups in total. The largest absolute Gasteiger partial charge is 0.466 e. The quantitative estimate of drug-likeness (QED) is 0.0375. The van der Waals surface area contributed by atoms with E-state index in [-0.39, 0.29) is 50.0 Å². The average molecular weight is 899 g/mol. The molecule has 8 rings (SSSR count). The highest BCUT2D eigenvalue weighted by atomic mass is 16.5. The highest BCUT2D eigenvalue weighted by Crippen LogP contribution is 2.41. The van der Waals surface area contributed by atoms with E-state index in [4.69, 9.17) is 9.47 Å². The fraction of sp³-hybridized carbons (Fsp3) is 0.339. The van der Waals surface area contributed by atoms with E-state index in [1.807, 2.05) is 97.9 Å². The van der Waals surface area contributed by atoms with Crippen LogP contribution in [0.15, 0.2) is 126 Å². The van der Waals surface area contributed by atoms with Gasteiger partial charge in [0, 0.05) is 68.6 Å². The number of ketones is 1. The molecule has 0 aliphatic rings. The smallest absolute Gasteiger partial charge is 0.305 e. The highest BCUT2D eigenvalue weighted by Gasteiger charge is 2.24. The maximum atomic E-state index is 14.9. The second kappa shape index (κ2) is 21.1. The molecule has 3 unspecified atom stereocenters. The molecule has 11 heteroatoms. The lowest BCUT2D eigenvalue weighted by atomic mass is 9.93. The van der Waals surface area contributed by atoms with Crippen molar-refractivity contribution >= 4 is 72.1 Å². The Morgan fingerprint density at radius 2 is 1.18 bits per heavy atom. The molecule has 0 saturated carbocycles. The summed E-state index contributed by atoms with van der Waals surface area (Å²) in [6, 6.07) is 36.3. The number of carbonyl (C=O) groups is 3. The number of benzene rings is 6. The normalized spacial score (nSPS) is 13.0. The van der Waals surface area contributed by atoms with Crippen molar-refractivity contribution in [3.63, 3.8) is 0 Å². The molecule has 0 aliphatic carbocycles. The van der Waals surface area contributed by atoms with Gasteiger partial charge in [0.25, 0.3) is 0 Å². The first-order valence-electron chi connectivity index (χ1n) is 23.8. The number of carbonyl (C=O) groups excluding carboxylic acids is 3. The van der Waals surface area contributed by atoms with Crippen molar-refractivity contribution < 1.29 is 23.9 Å². The zero-order valence-corrected chi connectivity index (χ0v) is 38.8. The molecule has 0 spiro atoms. The van der Waals surface area contributed by atoms with E-state index in [0.717, 1.165) is 104 Å². The van der Waals surface area contributed by atoms with Gasteiger partial charge in [-0.15, -0.1) is 0 Å². The molecule has 2 heterocycles. The topological polar surface area (TPSA) is 138 Å². The molecule has 0 amide bonds. The number of ether oxygens (including phenoxy) is 2. The van der Waals surface area contributed by atoms with E-state index in [9.17, 15) is 24.2 Å². The fourth-order valence-corrected chi connectivity index (χ4v) is 9.73. The zero-order chi connectivity index (χ0) is 47.0. The summed E-state index contributed by atoms with van der Waals surface area (Å²) in [6.45, 7) is 9.59. The molecule has 0 bridgehead atoms. The lowest BCUT2D eigenvalue weighted by Crippen LogP contribution is -2.10. The second-order valence-electron chi connectivity index (χ2n) is 17.5. The van der Waals surface area contributed by atoms with Crippen LogP contribution in [0.4, 0.5) is 0 Å². The van der Waals surface area contributed by atoms with Gasteiger partial charge in [-0.3, -0.25) is 14.4 Å². The minimum Gasteiger partial charge on any atom is -0.466 e. The molecule has 67 heavy (non-hydrogen) atoms. The van der Waals surface area contributed by atoms with Crippen LogP contribution in [0.3, 0.4) is 0 Å². The van der Waals surface area contributed by atoms with Crippen LogP contribution in [-0.4, -0.2) is 40.1 Å². The maximum absolute atomic E-state index is 14.9. The third kappa shape index (κ3) is 9.50. The Morgan fingerprint density at radius 3 is 1.81 bits per heavy atom. The number of para-hydroxylation sites is 1. The van der Waals surface area contributed by atoms with Gasteiger partial charge in [0.2, 0.25) is 0 Å². The number of nitroso groups, excluding NO2 is 2. The molecule has 344 valence electrons. The van der Waals surface area contributed by atoms with E-state index in [1.54, 1.807) is 6.92 Å². The summed E-state index contributed by atoms with van der Waals surface area (Å²) in [5.41, 5.74) is 7.38. The monoisotopic (exact) mass is 898 g/mol. The summed E-state index contributed by atoms with van der Waals surface area (Å²) in [6.07, 6.45) is 5.80. The minimum absolute atomic E-state index is 0.0822. The summed E-state index contributed by atoms with van der Waals surface area (Å²) >= 11 is 0. The van der Waals surface area contributed by atoms with Gasteiger partial charge in [-0.05, 0) is 116 Å². The van der Waals surface area contributed by atoms with E-state index < -0.39 is 12.1 Å². The molecule has 6 aromatic carbocycles. The summed E-state index contributed by atoms with van der Waals surface area (Å²) in [5.74, 6) is -0.368. The van der Waals surface area contributed by atoms with Crippen molar-refractivity contribution in [1.29, 1.82) is 0 Å². The summed E-state index contributed by atoms with van der Waals surface area (Å²) in [7, 11) is 0. The molecule has 0 radical (unpaired) electrons. The number of rotatable bonds is 22. The van der Waals surface area contributed by atoms with Crippen molar-refractivity contribution in [2.24, 2.45) is 16.3 Å². The van der Waals surface area contributed by atoms with Gasteiger partial charge < -0.3 is 18.6 Å². The lowest BCUT2D eigenvalue weighted by molar-refractivity contribution is -0.144. The molecule has 0 fully saturated rings. The Bertz CT molecular complexity index is 3110. The standard InChI is InChI=1S/C56H58N4O7/c1-5-9-14-36(7-3)35-59-50-27-21-38(48(57-64)25-29-53(61)66-8-4)33-45(50)46-34-47(41-15-10-11-17-43(41)55(46)59)56(63)37-19-23-40(24-20-37)60-51-18-13-12-16-42(51)44-32-39(22-28-52(44)60)49(58-65)26-30-54(62)67-31-6-2/h10-13,15-24,27-28,32-34,36,48-49H,5-9,14,25-26,29-31,35H2,1-4H3. The third-order valence-electron chi connectivity index (χ3n) is 13.2. The van der Waals surface area contributed by atoms with E-state index >= 15 is 0 Å². The van der Waals surface area contributed by atoms with Crippen LogP contribution in [0.5, 0.6) is 0 Å². The SMILES string of the molecule is CCCCC(CC)Cn1c2ccc(C(CCC(=O)OCC)N=O)cc2c2cc(C(=O)c3ccc(-n4c5ccccc5c5cc(C(CCC(=O)OCCC)N=O)ccc54)cc3)c3ccccc3c21. The fourth-order valence-electron chi connectivity index (χ4n) is 9.73. The van der Waals surface area contributed by atoms with Crippen LogP contribution in [0.2, 0.25) is 0 Å². The molecule has 0 saturated heterocycles. The third-order valence-corrected chi connectivity index (χ3v) is 13.2. The molecule has 0 aliphatic heterocycles. The van der Waals surface area contributed by atoms with Gasteiger partial charge in [0.05, 0.1) is 29.8 Å². The highest BCUT2D eigenvalue weighted by molar-refractivity contribution is 6.26. The lowest BCUT2D eigenvalue weighted by Gasteiger charge is -2.18. The number of hydrogen-bond acceptors (Lipinski definition) is 9. The van der Waals surface area contributed by atoms with E-state index in [0.29, 0.717) is 29.2 Å². The van der Waals surface area contributed by atoms with Crippen molar-refractivity contribution in [3.05, 3.63) is 147 Å². The van der Waals surface area contributed by atoms with Crippen LogP contribution >= 0.6 is 0 Å². The predicted molar refractivity (Wildman–Crippen MR) is 268 cm³/mol. The first kappa shape index (κ1) is 46.5. The van der Waals surface area contributed by atoms with Crippen molar-refractivity contribution in [1.82, 2.24) is 9.13 Å². The number of aromatic nitrogens is 2. The molecule has 8 aromatic rings. The van der Waals surface area contributed by atoms with Crippen LogP contribution < -0.4 is 0 Å². The molecular formula is C56H58N4O7. The molecule has 2 aromatic heterocycles. The summed E-state index contributed by atoms with van der Waals surface area (Å²) in [4.78, 5) is 63.8. The van der Waals surface area contributed by atoms with Gasteiger partial charge in [-0.25, -0.2) is 0 Å². The number of fused-ring (bicyclic) bond motifs is 8. The van der Waals surface area contributed by atoms with Crippen LogP contribution in [-0.2, 0) is 25.6 Å². The Morgan fingerprint density at radius 1 is 0.582 bits per heavy atom. The Balaban J connectivity index is 1.19. The summed E-state index contributed by atoms with van der Waals surface area (Å²) < 4.78 is 14.9. The number of esters is 2. The Labute approximate surface area is 390 Å². The summed E-state index contributed by atoms with van der Waals surface area (Å²) in [5, 5.41) is 12.5. The van der Waals surface area contributed by atoms with Gasteiger partial charge in [0.1, 0.15) is 12.1 Å². The minimum atomic E-state index is -0.741. The zero-order valence-electron chi connectivity index (χ0n) is 38.8. The molecular weight excluding hydrogens is 841 g/mol. The number of hydrogen-bond donors (Lipinski definition) is 0. The van der Waals surface area contributed by atoms with Crippen molar-refractivity contribution in [2.75, 3.05) is 13.2 Å². The Kier molecular flexibility index (Phi) is 14.6. The van der Waals surface area contributed by atoms with Crippen molar-refractivity contribution in [3.8, 4) is 5.69 Å². The predicted octanol–water partition coefficient (Wildman–Crippen LogP) is 14.2. The van der Waals surface area contributed by atoms with Gasteiger partial charge in [-0.1, -0.05) is 105 Å². The number of nitrogens with zero attached hydrogens (tertiary/aromatic N) is 4. The van der Waals surface area contributed by atoms with Crippen molar-refractivity contribution in [2.45, 2.75) is 104 Å². The van der Waals surface area contributed by atoms with Gasteiger partial charge >= 0.3 is 11.9 Å². The number of unbranched alkanes of at least 4 members (excludes halogenated alkanes) is 1. The molecule has 11 nitrogen and oxygen atoms in total. The van der Waals surface area contributed by atoms with Crippen LogP contribution in [0, 0.1) is 15.7 Å². The van der Waals surface area contributed by atoms with Crippen LogP contribution in [0.25, 0.3) is 60.1 Å². The first-order chi connectivity index (χ1) is 32.7. The second-order valence-corrected chi connectivity index (χ2v) is 17.5. The average Bonchev–Trinajstić information content (AvgIpc) is 3.86. The van der Waals surface area contributed by atoms with Gasteiger partial charge in [0.15, 0.2) is 5.78 Å².